The molecule has 0 aliphatic carbocycles. The lowest BCUT2D eigenvalue weighted by atomic mass is 10.2. The number of nitrogens with one attached hydrogen (secondary N) is 1. The normalized spacial score (nSPS) is 11.2. The van der Waals surface area contributed by atoms with Gasteiger partial charge >= 0.3 is 0 Å². The molecule has 0 atom stereocenters. The number of nitrogens with zero attached hydrogens (tertiary/aromatic N) is 2. The number of carbonyl (C=O) groups is 1. The summed E-state index contributed by atoms with van der Waals surface area (Å²) in [7, 11) is -3.99. The largest absolute Gasteiger partial charge is 0.490 e. The first-order valence-electron chi connectivity index (χ1n) is 12.5. The summed E-state index contributed by atoms with van der Waals surface area (Å²) in [4.78, 5) is 12.9. The van der Waals surface area contributed by atoms with Crippen molar-refractivity contribution in [1.82, 2.24) is 5.43 Å². The van der Waals surface area contributed by atoms with Crippen molar-refractivity contribution >= 4 is 39.4 Å². The molecule has 1 N–H and O–H groups in total. The molecular weight excluding hydrogens is 550 g/mol. The van der Waals surface area contributed by atoms with Gasteiger partial charge in [-0.05, 0) is 72.6 Å². The number of ether oxygens (including phenoxy) is 2. The van der Waals surface area contributed by atoms with Gasteiger partial charge in [-0.3, -0.25) is 9.10 Å². The Morgan fingerprint density at radius 3 is 2.25 bits per heavy atom. The number of hydrogen-bond acceptors (Lipinski definition) is 6. The highest BCUT2D eigenvalue weighted by Crippen LogP contribution is 2.29. The summed E-state index contributed by atoms with van der Waals surface area (Å²) in [6, 6.07) is 29.0. The van der Waals surface area contributed by atoms with Crippen LogP contribution in [0.2, 0.25) is 5.02 Å². The van der Waals surface area contributed by atoms with Gasteiger partial charge in [-0.1, -0.05) is 60.1 Å². The summed E-state index contributed by atoms with van der Waals surface area (Å²) >= 11 is 5.94. The van der Waals surface area contributed by atoms with Crippen LogP contribution in [0, 0.1) is 0 Å². The Labute approximate surface area is 238 Å². The lowest BCUT2D eigenvalue weighted by Gasteiger charge is -2.23. The monoisotopic (exact) mass is 577 g/mol. The SMILES string of the molecule is CCOc1cc(/C=N\NC(=O)CN(c2ccccc2)S(=O)(=O)c2ccccc2)ccc1OCc1ccc(Cl)cc1. The molecule has 0 unspecified atom stereocenters. The minimum atomic E-state index is -3.99. The molecule has 0 saturated carbocycles. The zero-order chi connectivity index (χ0) is 28.4. The lowest BCUT2D eigenvalue weighted by Crippen LogP contribution is -2.39. The number of hydrogen-bond donors (Lipinski definition) is 1. The summed E-state index contributed by atoms with van der Waals surface area (Å²) < 4.78 is 39.4. The highest BCUT2D eigenvalue weighted by atomic mass is 35.5. The molecule has 0 aliphatic rings. The molecule has 8 nitrogen and oxygen atoms in total. The molecule has 0 fully saturated rings. The summed E-state index contributed by atoms with van der Waals surface area (Å²) in [5.41, 5.74) is 4.39. The maximum Gasteiger partial charge on any atom is 0.264 e. The highest BCUT2D eigenvalue weighted by molar-refractivity contribution is 7.92. The van der Waals surface area contributed by atoms with Gasteiger partial charge in [0, 0.05) is 5.02 Å². The third kappa shape index (κ3) is 7.62. The first kappa shape index (κ1) is 28.7. The van der Waals surface area contributed by atoms with E-state index in [2.05, 4.69) is 10.5 Å². The van der Waals surface area contributed by atoms with Gasteiger partial charge in [0.2, 0.25) is 0 Å². The van der Waals surface area contributed by atoms with Crippen molar-refractivity contribution in [3.63, 3.8) is 0 Å². The van der Waals surface area contributed by atoms with E-state index < -0.39 is 22.5 Å². The van der Waals surface area contributed by atoms with Crippen molar-refractivity contribution in [2.75, 3.05) is 17.5 Å². The summed E-state index contributed by atoms with van der Waals surface area (Å²) in [6.45, 7) is 2.18. The average Bonchev–Trinajstić information content (AvgIpc) is 2.97. The second-order valence-corrected chi connectivity index (χ2v) is 10.8. The van der Waals surface area contributed by atoms with E-state index in [4.69, 9.17) is 21.1 Å². The zero-order valence-electron chi connectivity index (χ0n) is 21.7. The standard InChI is InChI=1S/C30H28ClN3O5S/c1-2-38-29-19-24(15-18-28(29)39-22-23-13-16-25(31)17-14-23)20-32-33-30(35)21-34(26-9-5-3-6-10-26)40(36,37)27-11-7-4-8-12-27/h3-20H,2,21-22H2,1H3,(H,33,35)/b32-20-. The van der Waals surface area contributed by atoms with Crippen LogP contribution in [0.15, 0.2) is 113 Å². The molecule has 40 heavy (non-hydrogen) atoms. The van der Waals surface area contributed by atoms with Crippen LogP contribution >= 0.6 is 11.6 Å². The van der Waals surface area contributed by atoms with Crippen molar-refractivity contribution in [2.45, 2.75) is 18.4 Å². The van der Waals surface area contributed by atoms with Gasteiger partial charge < -0.3 is 9.47 Å². The first-order chi connectivity index (χ1) is 19.4. The van der Waals surface area contributed by atoms with Crippen LogP contribution in [0.1, 0.15) is 18.1 Å². The van der Waals surface area contributed by atoms with Crippen LogP contribution in [0.3, 0.4) is 0 Å². The van der Waals surface area contributed by atoms with Gasteiger partial charge in [-0.25, -0.2) is 13.8 Å². The fourth-order valence-corrected chi connectivity index (χ4v) is 5.28. The number of rotatable bonds is 12. The molecule has 4 rings (SSSR count). The zero-order valence-corrected chi connectivity index (χ0v) is 23.3. The number of amides is 1. The molecular formula is C30H28ClN3O5S. The Bertz CT molecular complexity index is 1550. The summed E-state index contributed by atoms with van der Waals surface area (Å²) in [5.74, 6) is 0.478. The van der Waals surface area contributed by atoms with Crippen molar-refractivity contribution in [3.05, 3.63) is 119 Å². The topological polar surface area (TPSA) is 97.3 Å². The Balaban J connectivity index is 1.44. The average molecular weight is 578 g/mol. The van der Waals surface area contributed by atoms with Gasteiger partial charge in [-0.15, -0.1) is 0 Å². The Morgan fingerprint density at radius 1 is 0.900 bits per heavy atom. The molecule has 4 aromatic carbocycles. The molecule has 0 heterocycles. The molecule has 10 heteroatoms. The van der Waals surface area contributed by atoms with Crippen LogP contribution in [-0.2, 0) is 21.4 Å². The quantitative estimate of drug-likeness (QED) is 0.173. The van der Waals surface area contributed by atoms with Gasteiger partial charge in [0.25, 0.3) is 15.9 Å². The van der Waals surface area contributed by atoms with Crippen LogP contribution in [0.4, 0.5) is 5.69 Å². The van der Waals surface area contributed by atoms with Gasteiger partial charge in [0.15, 0.2) is 11.5 Å². The summed E-state index contributed by atoms with van der Waals surface area (Å²) in [6.07, 6.45) is 1.45. The maximum atomic E-state index is 13.3. The Kier molecular flexibility index (Phi) is 9.77. The molecule has 0 aliphatic heterocycles. The number of benzene rings is 4. The number of para-hydroxylation sites is 1. The van der Waals surface area contributed by atoms with E-state index in [0.717, 1.165) is 9.87 Å². The smallest absolute Gasteiger partial charge is 0.264 e. The first-order valence-corrected chi connectivity index (χ1v) is 14.3. The van der Waals surface area contributed by atoms with E-state index >= 15 is 0 Å². The van der Waals surface area contributed by atoms with Crippen molar-refractivity contribution in [3.8, 4) is 11.5 Å². The highest BCUT2D eigenvalue weighted by Gasteiger charge is 2.26. The number of sulfonamides is 1. The maximum absolute atomic E-state index is 13.3. The molecule has 0 aromatic heterocycles. The Hall–Kier alpha value is -4.34. The number of carbonyl (C=O) groups excluding carboxylic acids is 1. The lowest BCUT2D eigenvalue weighted by molar-refractivity contribution is -0.119. The van der Waals surface area contributed by atoms with E-state index in [9.17, 15) is 13.2 Å². The summed E-state index contributed by atoms with van der Waals surface area (Å²) in [5, 5.41) is 4.67. The third-order valence-electron chi connectivity index (χ3n) is 5.64. The Morgan fingerprint density at radius 2 is 1.57 bits per heavy atom. The molecule has 0 radical (unpaired) electrons. The molecule has 206 valence electrons. The van der Waals surface area contributed by atoms with Crippen molar-refractivity contribution < 1.29 is 22.7 Å². The number of halogens is 1. The van der Waals surface area contributed by atoms with Crippen molar-refractivity contribution in [1.29, 1.82) is 0 Å². The molecule has 1 amide bonds. The van der Waals surface area contributed by atoms with Gasteiger partial charge in [0.05, 0.1) is 23.4 Å². The van der Waals surface area contributed by atoms with E-state index in [1.54, 1.807) is 78.9 Å². The van der Waals surface area contributed by atoms with Gasteiger partial charge in [0.1, 0.15) is 13.2 Å². The second-order valence-electron chi connectivity index (χ2n) is 8.51. The number of anilines is 1. The van der Waals surface area contributed by atoms with E-state index in [1.807, 2.05) is 19.1 Å². The van der Waals surface area contributed by atoms with E-state index in [1.165, 1.54) is 18.3 Å². The minimum absolute atomic E-state index is 0.0805. The van der Waals surface area contributed by atoms with Crippen LogP contribution in [-0.4, -0.2) is 33.7 Å². The fourth-order valence-electron chi connectivity index (χ4n) is 3.71. The minimum Gasteiger partial charge on any atom is -0.490 e. The van der Waals surface area contributed by atoms with E-state index in [0.29, 0.717) is 41.0 Å². The fraction of sp³-hybridized carbons (Fsp3) is 0.133. The van der Waals surface area contributed by atoms with Gasteiger partial charge in [-0.2, -0.15) is 5.10 Å². The number of hydrazone groups is 1. The second kappa shape index (κ2) is 13.6. The molecule has 0 spiro atoms. The molecule has 4 aromatic rings. The van der Waals surface area contributed by atoms with Crippen molar-refractivity contribution in [2.24, 2.45) is 5.10 Å². The van der Waals surface area contributed by atoms with Crippen LogP contribution < -0.4 is 19.2 Å². The van der Waals surface area contributed by atoms with Crippen LogP contribution in [0.25, 0.3) is 0 Å². The third-order valence-corrected chi connectivity index (χ3v) is 7.68. The van der Waals surface area contributed by atoms with Crippen LogP contribution in [0.5, 0.6) is 11.5 Å². The predicted molar refractivity (Wildman–Crippen MR) is 157 cm³/mol. The van der Waals surface area contributed by atoms with E-state index in [-0.39, 0.29) is 4.90 Å². The predicted octanol–water partition coefficient (Wildman–Crippen LogP) is 5.66. The molecule has 0 saturated heterocycles. The molecule has 0 bridgehead atoms.